The Kier molecular flexibility index (Phi) is 5.11. The van der Waals surface area contributed by atoms with Crippen molar-refractivity contribution in [3.8, 4) is 0 Å². The zero-order valence-corrected chi connectivity index (χ0v) is 12.8. The van der Waals surface area contributed by atoms with Gasteiger partial charge in [-0.15, -0.1) is 0 Å². The zero-order chi connectivity index (χ0) is 16.3. The van der Waals surface area contributed by atoms with Crippen molar-refractivity contribution >= 4 is 5.91 Å². The lowest BCUT2D eigenvalue weighted by Crippen LogP contribution is -2.51. The topological polar surface area (TPSA) is 32.3 Å². The number of carbonyl (C=O) groups is 1. The lowest BCUT2D eigenvalue weighted by molar-refractivity contribution is -0.139. The minimum absolute atomic E-state index is 0.0853. The molecule has 0 radical (unpaired) electrons. The highest BCUT2D eigenvalue weighted by molar-refractivity contribution is 5.77. The van der Waals surface area contributed by atoms with E-state index in [1.807, 2.05) is 6.92 Å². The van der Waals surface area contributed by atoms with Crippen LogP contribution in [0, 0.1) is 0 Å². The first kappa shape index (κ1) is 16.8. The highest BCUT2D eigenvalue weighted by atomic mass is 19.4. The first-order valence-electron chi connectivity index (χ1n) is 7.46. The van der Waals surface area contributed by atoms with Gasteiger partial charge in [0, 0.05) is 32.1 Å². The number of piperazine rings is 1. The molecule has 1 aliphatic rings. The first-order valence-corrected chi connectivity index (χ1v) is 7.46. The average molecular weight is 314 g/mol. The predicted molar refractivity (Wildman–Crippen MR) is 78.5 cm³/mol. The third kappa shape index (κ3) is 4.00. The van der Waals surface area contributed by atoms with Crippen molar-refractivity contribution in [1.29, 1.82) is 0 Å². The lowest BCUT2D eigenvalue weighted by atomic mass is 9.92. The monoisotopic (exact) mass is 314 g/mol. The molecule has 3 nitrogen and oxygen atoms in total. The van der Waals surface area contributed by atoms with E-state index in [0.717, 1.165) is 12.6 Å². The second-order valence-electron chi connectivity index (χ2n) is 5.89. The molecule has 122 valence electrons. The number of amides is 1. The fourth-order valence-electron chi connectivity index (χ4n) is 2.84. The molecule has 2 unspecified atom stereocenters. The summed E-state index contributed by atoms with van der Waals surface area (Å²) in [4.78, 5) is 14.0. The highest BCUT2D eigenvalue weighted by Crippen LogP contribution is 2.36. The molecule has 2 atom stereocenters. The largest absolute Gasteiger partial charge is 0.416 e. The van der Waals surface area contributed by atoms with Crippen molar-refractivity contribution in [2.45, 2.75) is 38.4 Å². The third-order valence-electron chi connectivity index (χ3n) is 4.00. The van der Waals surface area contributed by atoms with Crippen LogP contribution in [0.4, 0.5) is 13.2 Å². The number of nitrogens with zero attached hydrogens (tertiary/aromatic N) is 1. The van der Waals surface area contributed by atoms with Crippen LogP contribution in [-0.4, -0.2) is 36.5 Å². The van der Waals surface area contributed by atoms with Gasteiger partial charge in [0.1, 0.15) is 0 Å². The summed E-state index contributed by atoms with van der Waals surface area (Å²) in [5.74, 6) is -0.548. The van der Waals surface area contributed by atoms with Gasteiger partial charge in [-0.2, -0.15) is 13.2 Å². The van der Waals surface area contributed by atoms with E-state index in [4.69, 9.17) is 0 Å². The van der Waals surface area contributed by atoms with Crippen LogP contribution in [0.1, 0.15) is 37.3 Å². The van der Waals surface area contributed by atoms with Crippen molar-refractivity contribution < 1.29 is 18.0 Å². The Morgan fingerprint density at radius 1 is 1.41 bits per heavy atom. The van der Waals surface area contributed by atoms with Gasteiger partial charge in [-0.25, -0.2) is 0 Å². The van der Waals surface area contributed by atoms with E-state index in [2.05, 4.69) is 5.32 Å². The second kappa shape index (κ2) is 6.69. The van der Waals surface area contributed by atoms with E-state index in [0.29, 0.717) is 13.1 Å². The van der Waals surface area contributed by atoms with E-state index < -0.39 is 17.7 Å². The molecular weight excluding hydrogens is 293 g/mol. The number of alkyl halides is 3. The molecular formula is C16H21F3N2O. The molecule has 6 heteroatoms. The van der Waals surface area contributed by atoms with Crippen molar-refractivity contribution in [2.24, 2.45) is 0 Å². The molecule has 0 bridgehead atoms. The fraction of sp³-hybridized carbons (Fsp3) is 0.562. The van der Waals surface area contributed by atoms with Crippen LogP contribution >= 0.6 is 0 Å². The average Bonchev–Trinajstić information content (AvgIpc) is 2.46. The second-order valence-corrected chi connectivity index (χ2v) is 5.89. The Labute approximate surface area is 128 Å². The van der Waals surface area contributed by atoms with Crippen LogP contribution in [-0.2, 0) is 11.0 Å². The minimum atomic E-state index is -4.39. The van der Waals surface area contributed by atoms with E-state index in [9.17, 15) is 18.0 Å². The smallest absolute Gasteiger partial charge is 0.340 e. The number of rotatable bonds is 3. The summed E-state index contributed by atoms with van der Waals surface area (Å²) < 4.78 is 39.1. The number of hydrogen-bond donors (Lipinski definition) is 1. The molecule has 22 heavy (non-hydrogen) atoms. The van der Waals surface area contributed by atoms with Gasteiger partial charge in [0.25, 0.3) is 0 Å². The molecule has 1 N–H and O–H groups in total. The van der Waals surface area contributed by atoms with E-state index in [1.165, 1.54) is 12.1 Å². The molecule has 2 rings (SSSR count). The SMILES string of the molecule is CC1CN(C(=O)CC(C)c2ccccc2C(F)(F)F)CCN1. The summed E-state index contributed by atoms with van der Waals surface area (Å²) in [6, 6.07) is 5.71. The van der Waals surface area contributed by atoms with Crippen LogP contribution in [0.25, 0.3) is 0 Å². The molecule has 1 saturated heterocycles. The summed E-state index contributed by atoms with van der Waals surface area (Å²) >= 11 is 0. The number of benzene rings is 1. The van der Waals surface area contributed by atoms with E-state index >= 15 is 0 Å². The first-order chi connectivity index (χ1) is 10.3. The maximum Gasteiger partial charge on any atom is 0.416 e. The maximum absolute atomic E-state index is 13.0. The molecule has 1 aliphatic heterocycles. The van der Waals surface area contributed by atoms with Gasteiger partial charge in [0.15, 0.2) is 0 Å². The van der Waals surface area contributed by atoms with Gasteiger partial charge in [-0.05, 0) is 24.5 Å². The zero-order valence-electron chi connectivity index (χ0n) is 12.8. The van der Waals surface area contributed by atoms with E-state index in [-0.39, 0.29) is 23.9 Å². The molecule has 0 saturated carbocycles. The summed E-state index contributed by atoms with van der Waals surface area (Å²) in [6.45, 7) is 5.60. The molecule has 0 aliphatic carbocycles. The van der Waals surface area contributed by atoms with Crippen LogP contribution in [0.5, 0.6) is 0 Å². The highest BCUT2D eigenvalue weighted by Gasteiger charge is 2.34. The number of nitrogens with one attached hydrogen (secondary N) is 1. The lowest BCUT2D eigenvalue weighted by Gasteiger charge is -2.32. The minimum Gasteiger partial charge on any atom is -0.340 e. The number of carbonyl (C=O) groups excluding carboxylic acids is 1. The van der Waals surface area contributed by atoms with Gasteiger partial charge in [-0.3, -0.25) is 4.79 Å². The molecule has 1 amide bonds. The van der Waals surface area contributed by atoms with Crippen molar-refractivity contribution in [3.63, 3.8) is 0 Å². The Balaban J connectivity index is 2.09. The van der Waals surface area contributed by atoms with Crippen LogP contribution < -0.4 is 5.32 Å². The summed E-state index contributed by atoms with van der Waals surface area (Å²) in [6.07, 6.45) is -4.29. The predicted octanol–water partition coefficient (Wildman–Crippen LogP) is 3.02. The van der Waals surface area contributed by atoms with Crippen LogP contribution in [0.2, 0.25) is 0 Å². The van der Waals surface area contributed by atoms with Gasteiger partial charge in [0.05, 0.1) is 5.56 Å². The van der Waals surface area contributed by atoms with Gasteiger partial charge in [0.2, 0.25) is 5.91 Å². The molecule has 1 aromatic rings. The molecule has 1 heterocycles. The molecule has 1 fully saturated rings. The summed E-state index contributed by atoms with van der Waals surface area (Å²) in [7, 11) is 0. The summed E-state index contributed by atoms with van der Waals surface area (Å²) in [5, 5.41) is 3.24. The standard InChI is InChI=1S/C16H21F3N2O/c1-11(9-15(22)21-8-7-20-12(2)10-21)13-5-3-4-6-14(13)16(17,18)19/h3-6,11-12,20H,7-10H2,1-2H3. The van der Waals surface area contributed by atoms with Crippen LogP contribution in [0.3, 0.4) is 0 Å². The normalized spacial score (nSPS) is 20.8. The Bertz CT molecular complexity index is 530. The van der Waals surface area contributed by atoms with Crippen molar-refractivity contribution in [1.82, 2.24) is 10.2 Å². The molecule has 0 aromatic heterocycles. The Morgan fingerprint density at radius 2 is 2.09 bits per heavy atom. The molecule has 1 aromatic carbocycles. The Hall–Kier alpha value is -1.56. The van der Waals surface area contributed by atoms with Crippen LogP contribution in [0.15, 0.2) is 24.3 Å². The van der Waals surface area contributed by atoms with E-state index in [1.54, 1.807) is 17.9 Å². The van der Waals surface area contributed by atoms with Gasteiger partial charge < -0.3 is 10.2 Å². The van der Waals surface area contributed by atoms with Gasteiger partial charge >= 0.3 is 6.18 Å². The fourth-order valence-corrected chi connectivity index (χ4v) is 2.84. The summed E-state index contributed by atoms with van der Waals surface area (Å²) in [5.41, 5.74) is -0.462. The quantitative estimate of drug-likeness (QED) is 0.930. The Morgan fingerprint density at radius 3 is 2.73 bits per heavy atom. The number of hydrogen-bond acceptors (Lipinski definition) is 2. The van der Waals surface area contributed by atoms with Crippen molar-refractivity contribution in [2.75, 3.05) is 19.6 Å². The third-order valence-corrected chi connectivity index (χ3v) is 4.00. The van der Waals surface area contributed by atoms with Gasteiger partial charge in [-0.1, -0.05) is 25.1 Å². The van der Waals surface area contributed by atoms with Crippen molar-refractivity contribution in [3.05, 3.63) is 35.4 Å². The maximum atomic E-state index is 13.0. The molecule has 0 spiro atoms. The number of halogens is 3.